The fourth-order valence-corrected chi connectivity index (χ4v) is 3.54. The highest BCUT2D eigenvalue weighted by molar-refractivity contribution is 5.78. The van der Waals surface area contributed by atoms with Crippen LogP contribution in [0.5, 0.6) is 0 Å². The van der Waals surface area contributed by atoms with Crippen molar-refractivity contribution in [3.8, 4) is 0 Å². The smallest absolute Gasteiger partial charge is 0.236 e. The molecule has 1 atom stereocenters. The molecule has 0 spiro atoms. The van der Waals surface area contributed by atoms with Crippen LogP contribution in [0, 0.1) is 5.92 Å². The Balaban J connectivity index is 1.71. The lowest BCUT2D eigenvalue weighted by Crippen LogP contribution is -2.45. The Labute approximate surface area is 129 Å². The molecule has 0 N–H and O–H groups in total. The lowest BCUT2D eigenvalue weighted by molar-refractivity contribution is -0.134. The van der Waals surface area contributed by atoms with Crippen LogP contribution < -0.4 is 0 Å². The third kappa shape index (κ3) is 5.26. The maximum Gasteiger partial charge on any atom is 0.236 e. The van der Waals surface area contributed by atoms with E-state index in [0.29, 0.717) is 18.7 Å². The van der Waals surface area contributed by atoms with Crippen LogP contribution >= 0.6 is 0 Å². The molecule has 0 aromatic carbocycles. The zero-order valence-corrected chi connectivity index (χ0v) is 14.0. The lowest BCUT2D eigenvalue weighted by atomic mass is 9.87. The highest BCUT2D eigenvalue weighted by atomic mass is 16.5. The zero-order chi connectivity index (χ0) is 15.2. The minimum atomic E-state index is 0.257. The van der Waals surface area contributed by atoms with Gasteiger partial charge in [-0.3, -0.25) is 9.69 Å². The number of rotatable bonds is 5. The predicted octanol–water partition coefficient (Wildman–Crippen LogP) is 2.52. The van der Waals surface area contributed by atoms with Gasteiger partial charge in [0.1, 0.15) is 0 Å². The maximum atomic E-state index is 12.4. The number of likely N-dealkylation sites (N-methyl/N-ethyl adjacent to an activating group) is 2. The van der Waals surface area contributed by atoms with Gasteiger partial charge in [0.2, 0.25) is 5.91 Å². The van der Waals surface area contributed by atoms with Crippen molar-refractivity contribution < 1.29 is 9.53 Å². The van der Waals surface area contributed by atoms with Crippen LogP contribution in [-0.2, 0) is 9.53 Å². The summed E-state index contributed by atoms with van der Waals surface area (Å²) < 4.78 is 5.75. The molecule has 4 heteroatoms. The molecule has 0 aromatic heterocycles. The van der Waals surface area contributed by atoms with Crippen molar-refractivity contribution in [2.75, 3.05) is 33.8 Å². The van der Waals surface area contributed by atoms with Gasteiger partial charge in [-0.05, 0) is 57.9 Å². The van der Waals surface area contributed by atoms with E-state index in [1.165, 1.54) is 38.5 Å². The third-order valence-electron chi connectivity index (χ3n) is 5.12. The van der Waals surface area contributed by atoms with E-state index in [4.69, 9.17) is 4.74 Å². The van der Waals surface area contributed by atoms with Crippen molar-refractivity contribution in [1.82, 2.24) is 9.80 Å². The first-order valence-corrected chi connectivity index (χ1v) is 8.62. The zero-order valence-electron chi connectivity index (χ0n) is 14.0. The first-order valence-electron chi connectivity index (χ1n) is 8.62. The second-order valence-corrected chi connectivity index (χ2v) is 7.10. The Hall–Kier alpha value is -0.610. The average molecular weight is 296 g/mol. The van der Waals surface area contributed by atoms with Gasteiger partial charge in [-0.1, -0.05) is 6.92 Å². The highest BCUT2D eigenvalue weighted by Crippen LogP contribution is 2.26. The van der Waals surface area contributed by atoms with Crippen molar-refractivity contribution in [3.63, 3.8) is 0 Å². The fourth-order valence-electron chi connectivity index (χ4n) is 3.54. The molecule has 0 aromatic rings. The molecule has 1 heterocycles. The summed E-state index contributed by atoms with van der Waals surface area (Å²) in [5, 5.41) is 0. The van der Waals surface area contributed by atoms with E-state index in [1.807, 2.05) is 19.0 Å². The first kappa shape index (κ1) is 16.8. The summed E-state index contributed by atoms with van der Waals surface area (Å²) in [6.07, 6.45) is 8.74. The predicted molar refractivity (Wildman–Crippen MR) is 85.3 cm³/mol. The van der Waals surface area contributed by atoms with Crippen molar-refractivity contribution in [2.45, 2.75) is 64.0 Å². The van der Waals surface area contributed by atoms with Gasteiger partial charge >= 0.3 is 0 Å². The number of amides is 1. The fraction of sp³-hybridized carbons (Fsp3) is 0.941. The topological polar surface area (TPSA) is 32.8 Å². The quantitative estimate of drug-likeness (QED) is 0.781. The van der Waals surface area contributed by atoms with E-state index in [2.05, 4.69) is 11.8 Å². The van der Waals surface area contributed by atoms with Crippen LogP contribution in [0.15, 0.2) is 0 Å². The molecule has 122 valence electrons. The molecule has 1 aliphatic carbocycles. The van der Waals surface area contributed by atoms with Crippen molar-refractivity contribution in [3.05, 3.63) is 0 Å². The Morgan fingerprint density at radius 2 is 1.81 bits per heavy atom. The van der Waals surface area contributed by atoms with Crippen LogP contribution in [0.25, 0.3) is 0 Å². The Bertz CT molecular complexity index is 321. The van der Waals surface area contributed by atoms with Crippen molar-refractivity contribution >= 4 is 5.91 Å². The summed E-state index contributed by atoms with van der Waals surface area (Å²) >= 11 is 0. The molecule has 4 nitrogen and oxygen atoms in total. The Morgan fingerprint density at radius 3 is 2.43 bits per heavy atom. The number of hydrogen-bond acceptors (Lipinski definition) is 3. The average Bonchev–Trinajstić information content (AvgIpc) is 2.48. The SMILES string of the molecule is CC1CCC(N(C)C(=O)CN(C)C[C@H]2CCCCO2)CC1. The van der Waals surface area contributed by atoms with E-state index in [-0.39, 0.29) is 5.91 Å². The number of hydrogen-bond donors (Lipinski definition) is 0. The van der Waals surface area contributed by atoms with Crippen molar-refractivity contribution in [2.24, 2.45) is 5.92 Å². The van der Waals surface area contributed by atoms with Gasteiger partial charge in [0.15, 0.2) is 0 Å². The van der Waals surface area contributed by atoms with Gasteiger partial charge in [0.05, 0.1) is 12.6 Å². The standard InChI is InChI=1S/C17H32N2O2/c1-14-7-9-15(10-8-14)19(3)17(20)13-18(2)12-16-6-4-5-11-21-16/h14-16H,4-13H2,1-3H3/t14?,15?,16-/m1/s1. The lowest BCUT2D eigenvalue weighted by Gasteiger charge is -2.35. The molecule has 0 bridgehead atoms. The summed E-state index contributed by atoms with van der Waals surface area (Å²) in [4.78, 5) is 16.5. The molecular weight excluding hydrogens is 264 g/mol. The summed E-state index contributed by atoms with van der Waals surface area (Å²) in [6, 6.07) is 0.452. The molecule has 2 aliphatic rings. The highest BCUT2D eigenvalue weighted by Gasteiger charge is 2.25. The van der Waals surface area contributed by atoms with E-state index in [0.717, 1.165) is 25.5 Å². The van der Waals surface area contributed by atoms with Gasteiger partial charge in [-0.15, -0.1) is 0 Å². The summed E-state index contributed by atoms with van der Waals surface area (Å²) in [7, 11) is 4.01. The number of nitrogens with zero attached hydrogens (tertiary/aromatic N) is 2. The molecule has 1 amide bonds. The van der Waals surface area contributed by atoms with Gasteiger partial charge in [-0.2, -0.15) is 0 Å². The molecule has 21 heavy (non-hydrogen) atoms. The van der Waals surface area contributed by atoms with Crippen LogP contribution in [0.1, 0.15) is 51.9 Å². The van der Waals surface area contributed by atoms with Crippen LogP contribution in [-0.4, -0.2) is 61.6 Å². The first-order chi connectivity index (χ1) is 10.1. The number of carbonyl (C=O) groups excluding carboxylic acids is 1. The monoisotopic (exact) mass is 296 g/mol. The molecule has 1 aliphatic heterocycles. The number of carbonyl (C=O) groups is 1. The molecule has 1 saturated heterocycles. The molecule has 2 fully saturated rings. The normalized spacial score (nSPS) is 30.4. The molecule has 0 radical (unpaired) electrons. The minimum absolute atomic E-state index is 0.257. The molecular formula is C17H32N2O2. The van der Waals surface area contributed by atoms with Gasteiger partial charge in [-0.25, -0.2) is 0 Å². The van der Waals surface area contributed by atoms with Crippen LogP contribution in [0.3, 0.4) is 0 Å². The van der Waals surface area contributed by atoms with Gasteiger partial charge in [0.25, 0.3) is 0 Å². The Morgan fingerprint density at radius 1 is 1.10 bits per heavy atom. The minimum Gasteiger partial charge on any atom is -0.377 e. The number of ether oxygens (including phenoxy) is 1. The van der Waals surface area contributed by atoms with E-state index in [9.17, 15) is 4.79 Å². The molecule has 1 saturated carbocycles. The molecule has 2 rings (SSSR count). The van der Waals surface area contributed by atoms with Crippen LogP contribution in [0.4, 0.5) is 0 Å². The van der Waals surface area contributed by atoms with Crippen molar-refractivity contribution in [1.29, 1.82) is 0 Å². The maximum absolute atomic E-state index is 12.4. The summed E-state index contributed by atoms with van der Waals surface area (Å²) in [5.41, 5.74) is 0. The second kappa shape index (κ2) is 8.14. The second-order valence-electron chi connectivity index (χ2n) is 7.10. The van der Waals surface area contributed by atoms with Gasteiger partial charge in [0, 0.05) is 26.2 Å². The van der Waals surface area contributed by atoms with Crippen LogP contribution in [0.2, 0.25) is 0 Å². The molecule has 0 unspecified atom stereocenters. The largest absolute Gasteiger partial charge is 0.377 e. The van der Waals surface area contributed by atoms with E-state index in [1.54, 1.807) is 0 Å². The Kier molecular flexibility index (Phi) is 6.49. The summed E-state index contributed by atoms with van der Waals surface area (Å²) in [5.74, 6) is 1.09. The third-order valence-corrected chi connectivity index (χ3v) is 5.12. The summed E-state index contributed by atoms with van der Waals surface area (Å²) in [6.45, 7) is 4.59. The van der Waals surface area contributed by atoms with E-state index >= 15 is 0 Å². The van der Waals surface area contributed by atoms with E-state index < -0.39 is 0 Å². The van der Waals surface area contributed by atoms with Gasteiger partial charge < -0.3 is 9.64 Å².